The molecule has 0 N–H and O–H groups in total. The van der Waals surface area contributed by atoms with Gasteiger partial charge in [0.05, 0.1) is 0 Å². The number of rotatable bonds is 8. The van der Waals surface area contributed by atoms with Crippen molar-refractivity contribution in [2.24, 2.45) is 5.92 Å². The molecule has 6 aromatic carbocycles. The van der Waals surface area contributed by atoms with Crippen LogP contribution in [-0.2, 0) is 35.8 Å². The van der Waals surface area contributed by atoms with E-state index in [0.717, 1.165) is 0 Å². The summed E-state index contributed by atoms with van der Waals surface area (Å²) < 4.78 is 0. The second kappa shape index (κ2) is 23.1. The molecule has 3 aliphatic rings. The van der Waals surface area contributed by atoms with E-state index in [-0.39, 0.29) is 0 Å². The first-order valence-electron chi connectivity index (χ1n) is 21.0. The summed E-state index contributed by atoms with van der Waals surface area (Å²) in [6, 6.07) is 55.5. The summed E-state index contributed by atoms with van der Waals surface area (Å²) in [7, 11) is -0.854. The van der Waals surface area contributed by atoms with Gasteiger partial charge in [-0.1, -0.05) is 166 Å². The third-order valence-electron chi connectivity index (χ3n) is 11.6. The summed E-state index contributed by atoms with van der Waals surface area (Å²) >= 11 is 4.73. The third-order valence-corrected chi connectivity index (χ3v) is 16.5. The van der Waals surface area contributed by atoms with Crippen molar-refractivity contribution in [3.8, 4) is 11.1 Å². The smallest absolute Gasteiger partial charge is 0.00559 e. The number of aryl methyl sites for hydroxylation is 2. The van der Waals surface area contributed by atoms with Gasteiger partial charge in [0.2, 0.25) is 0 Å². The molecule has 5 heteroatoms. The molecule has 0 aliphatic heterocycles. The molecule has 0 unspecified atom stereocenters. The molecule has 6 radical (unpaired) electrons. The fourth-order valence-corrected chi connectivity index (χ4v) is 13.7. The van der Waals surface area contributed by atoms with E-state index in [1.54, 1.807) is 33.4 Å². The standard InChI is InChI=1S/C44H40P2.C10H14.2HI.Ru/c1-5-19-35(20-6-1)45(36-21-7-2-8-22-36)41-31-29-33-17-13-15-27-39(33)43(41)44-40-28-16-14-18-34(40)30-32-42(44)46(37-23-9-3-10-24-37)38-25-11-4-12-26-38;1-8(2)10-6-4-9(3)5-7-10;;;/h1-12,19-26,29-32H,13-18,27-28H2;4-8H,1-3H3;2*1H;/q;;;;+2/p-2. The van der Waals surface area contributed by atoms with Crippen LogP contribution in [0.2, 0.25) is 0 Å². The van der Waals surface area contributed by atoms with Crippen molar-refractivity contribution in [2.45, 2.75) is 72.1 Å². The van der Waals surface area contributed by atoms with E-state index in [0.29, 0.717) is 16.0 Å². The molecule has 0 bridgehead atoms. The monoisotopic (exact) mass is 1120 g/mol. The maximum Gasteiger partial charge on any atom is -0.00559 e. The van der Waals surface area contributed by atoms with Crippen molar-refractivity contribution >= 4 is 87.2 Å². The molecule has 302 valence electrons. The Bertz CT molecular complexity index is 1960. The van der Waals surface area contributed by atoms with Crippen LogP contribution in [0.5, 0.6) is 0 Å². The Balaban J connectivity index is 0.000000351. The fraction of sp³-hybridized carbons (Fsp3) is 0.222. The zero-order chi connectivity index (χ0) is 41.0. The van der Waals surface area contributed by atoms with Gasteiger partial charge in [0, 0.05) is 0 Å². The predicted molar refractivity (Wildman–Crippen MR) is 275 cm³/mol. The van der Waals surface area contributed by atoms with Crippen LogP contribution in [-0.4, -0.2) is 0 Å². The Morgan fingerprint density at radius 2 is 0.763 bits per heavy atom. The first-order valence-corrected chi connectivity index (χ1v) is 34.0. The van der Waals surface area contributed by atoms with Crippen LogP contribution in [0.3, 0.4) is 0 Å². The summed E-state index contributed by atoms with van der Waals surface area (Å²) in [4.78, 5) is 0. The van der Waals surface area contributed by atoms with Gasteiger partial charge in [0.25, 0.3) is 0 Å². The van der Waals surface area contributed by atoms with Gasteiger partial charge < -0.3 is 0 Å². The normalized spacial score (nSPS) is 15.5. The third kappa shape index (κ3) is 11.5. The molecule has 0 nitrogen and oxygen atoms in total. The number of halogens is 2. The minimum atomic E-state index is -0.752. The average Bonchev–Trinajstić information content (AvgIpc) is 3.29. The summed E-state index contributed by atoms with van der Waals surface area (Å²) in [5, 5.41) is 8.79. The molecule has 9 rings (SSSR count). The van der Waals surface area contributed by atoms with Crippen molar-refractivity contribution in [2.75, 3.05) is 0 Å². The summed E-state index contributed by atoms with van der Waals surface area (Å²) in [6.07, 6.45) is 18.6. The fourth-order valence-electron chi connectivity index (χ4n) is 8.68. The Kier molecular flexibility index (Phi) is 17.7. The van der Waals surface area contributed by atoms with Crippen LogP contribution < -0.4 is 31.8 Å². The van der Waals surface area contributed by atoms with Crippen LogP contribution in [0.4, 0.5) is 0 Å². The molecule has 0 amide bonds. The molecule has 0 heterocycles. The van der Waals surface area contributed by atoms with Crippen LogP contribution in [0.25, 0.3) is 11.1 Å². The Morgan fingerprint density at radius 3 is 1.08 bits per heavy atom. The van der Waals surface area contributed by atoms with E-state index in [1.165, 1.54) is 95.0 Å². The van der Waals surface area contributed by atoms with Gasteiger partial charge in [0.1, 0.15) is 0 Å². The summed E-state index contributed by atoms with van der Waals surface area (Å²) in [5.74, 6) is 3.41. The van der Waals surface area contributed by atoms with Crippen molar-refractivity contribution < 1.29 is 10.1 Å². The van der Waals surface area contributed by atoms with E-state index in [2.05, 4.69) is 232 Å². The predicted octanol–water partition coefficient (Wildman–Crippen LogP) is 13.0. The molecule has 59 heavy (non-hydrogen) atoms. The van der Waals surface area contributed by atoms with Crippen LogP contribution in [0, 0.1) is 43.4 Å². The molecule has 3 aliphatic carbocycles. The van der Waals surface area contributed by atoms with Crippen molar-refractivity contribution in [3.05, 3.63) is 205 Å². The van der Waals surface area contributed by atoms with Gasteiger partial charge >= 0.3 is 49.6 Å². The maximum atomic E-state index is 2.55. The van der Waals surface area contributed by atoms with Crippen molar-refractivity contribution in [1.29, 1.82) is 0 Å². The number of hydrogen-bond acceptors (Lipinski definition) is 0. The zero-order valence-electron chi connectivity index (χ0n) is 34.4. The minimum absolute atomic E-state index is 0.650. The van der Waals surface area contributed by atoms with Gasteiger partial charge in [-0.05, 0) is 176 Å². The van der Waals surface area contributed by atoms with Crippen molar-refractivity contribution in [3.63, 3.8) is 0 Å². The van der Waals surface area contributed by atoms with E-state index in [4.69, 9.17) is 0 Å². The molecular weight excluding hydrogens is 1070 g/mol. The minimum Gasteiger partial charge on any atom is -0.0622 e. The van der Waals surface area contributed by atoms with E-state index in [1.807, 2.05) is 0 Å². The molecule has 0 atom stereocenters. The van der Waals surface area contributed by atoms with Crippen LogP contribution in [0.1, 0.15) is 68.7 Å². The second-order valence-electron chi connectivity index (χ2n) is 15.7. The molecule has 6 aromatic rings. The molecule has 1 fully saturated rings. The van der Waals surface area contributed by atoms with Gasteiger partial charge in [0.15, 0.2) is 0 Å². The number of hydrogen-bond donors (Lipinski definition) is 0. The van der Waals surface area contributed by atoms with Crippen LogP contribution >= 0.6 is 55.3 Å². The van der Waals surface area contributed by atoms with Gasteiger partial charge in [-0.15, -0.1) is 0 Å². The summed E-state index contributed by atoms with van der Waals surface area (Å²) in [5.41, 5.74) is 9.54. The molecular formula is C54H54I2P2Ru. The maximum absolute atomic E-state index is 2.55. The Hall–Kier alpha value is -1.74. The Morgan fingerprint density at radius 1 is 0.441 bits per heavy atom. The van der Waals surface area contributed by atoms with E-state index < -0.39 is 15.8 Å². The van der Waals surface area contributed by atoms with E-state index >= 15 is 0 Å². The van der Waals surface area contributed by atoms with Gasteiger partial charge in [-0.25, -0.2) is 0 Å². The SMILES string of the molecule is C[C]1[CH][CH][C](C(C)C)[CH][CH]1.[I][Ru][I].c1ccc(P(c2ccccc2)c2ccc3c(c2-c2c(P(c4ccccc4)c4ccccc4)ccc4c2CCCC4)CCCC3)cc1. The molecule has 0 aromatic heterocycles. The van der Waals surface area contributed by atoms with Crippen LogP contribution in [0.15, 0.2) is 146 Å². The molecule has 1 saturated carbocycles. The Labute approximate surface area is 388 Å². The molecule has 0 saturated heterocycles. The first kappa shape index (κ1) is 45.3. The number of benzene rings is 6. The quantitative estimate of drug-likeness (QED) is 0.0809. The topological polar surface area (TPSA) is 0 Å². The zero-order valence-corrected chi connectivity index (χ0v) is 42.2. The van der Waals surface area contributed by atoms with Gasteiger partial charge in [-0.3, -0.25) is 0 Å². The second-order valence-corrected chi connectivity index (χ2v) is 33.5. The van der Waals surface area contributed by atoms with Crippen molar-refractivity contribution in [1.82, 2.24) is 0 Å². The summed E-state index contributed by atoms with van der Waals surface area (Å²) in [6.45, 7) is 6.54. The number of fused-ring (bicyclic) bond motifs is 2. The van der Waals surface area contributed by atoms with Gasteiger partial charge in [-0.2, -0.15) is 0 Å². The van der Waals surface area contributed by atoms with E-state index in [9.17, 15) is 0 Å². The molecule has 0 spiro atoms. The first-order chi connectivity index (χ1) is 29.0. The largest absolute Gasteiger partial charge is 0.0622 e. The average molecular weight is 1120 g/mol.